The third kappa shape index (κ3) is 4.76. The predicted molar refractivity (Wildman–Crippen MR) is 155 cm³/mol. The van der Waals surface area contributed by atoms with Crippen molar-refractivity contribution >= 4 is 28.5 Å². The quantitative estimate of drug-likeness (QED) is 0.253. The predicted octanol–water partition coefficient (Wildman–Crippen LogP) is 8.31. The van der Waals surface area contributed by atoms with Gasteiger partial charge in [0.15, 0.2) is 0 Å². The van der Waals surface area contributed by atoms with Crippen LogP contribution in [0.3, 0.4) is 0 Å². The summed E-state index contributed by atoms with van der Waals surface area (Å²) in [6.07, 6.45) is 8.67. The summed E-state index contributed by atoms with van der Waals surface area (Å²) in [5.41, 5.74) is 9.52. The van der Waals surface area contributed by atoms with E-state index in [1.165, 1.54) is 44.2 Å². The number of rotatable bonds is 5. The molecule has 4 aromatic carbocycles. The normalized spacial score (nSPS) is 16.1. The summed E-state index contributed by atoms with van der Waals surface area (Å²) < 4.78 is 0. The molecular weight excluding hydrogens is 448 g/mol. The second kappa shape index (κ2) is 10.6. The van der Waals surface area contributed by atoms with E-state index in [-0.39, 0.29) is 5.92 Å². The maximum Gasteiger partial charge on any atom is 0.0719 e. The van der Waals surface area contributed by atoms with Crippen LogP contribution in [0, 0.1) is 11.3 Å². The first-order chi connectivity index (χ1) is 18.3. The number of hydrogen-bond donors (Lipinski definition) is 0. The van der Waals surface area contributed by atoms with E-state index in [0.717, 1.165) is 45.3 Å². The van der Waals surface area contributed by atoms with Crippen LogP contribution in [-0.2, 0) is 0 Å². The largest absolute Gasteiger partial charge is 0.303 e. The Bertz CT molecular complexity index is 1470. The van der Waals surface area contributed by atoms with E-state index in [4.69, 9.17) is 0 Å². The first kappa shape index (κ1) is 23.5. The molecule has 0 saturated carbocycles. The molecule has 0 aromatic heterocycles. The molecule has 2 heteroatoms. The Morgan fingerprint density at radius 2 is 1.35 bits per heavy atom. The molecule has 0 spiro atoms. The van der Waals surface area contributed by atoms with Crippen LogP contribution in [0.2, 0.25) is 0 Å². The SMILES string of the molecule is N#CC(CCCN1CCC(=C2c3ccccc3C=Cc3ccccc32)CC1)c1cccc2ccccc12. The van der Waals surface area contributed by atoms with Crippen molar-refractivity contribution in [2.45, 2.75) is 31.6 Å². The topological polar surface area (TPSA) is 27.0 Å². The van der Waals surface area contributed by atoms with Crippen LogP contribution in [0.15, 0.2) is 96.6 Å². The molecule has 1 saturated heterocycles. The molecule has 0 radical (unpaired) electrons. The molecule has 0 amide bonds. The number of likely N-dealkylation sites (tertiary alicyclic amines) is 1. The lowest BCUT2D eigenvalue weighted by Gasteiger charge is -2.30. The molecule has 1 aliphatic heterocycles. The van der Waals surface area contributed by atoms with Gasteiger partial charge in [-0.05, 0) is 76.4 Å². The van der Waals surface area contributed by atoms with Crippen molar-refractivity contribution in [1.29, 1.82) is 5.26 Å². The van der Waals surface area contributed by atoms with Gasteiger partial charge < -0.3 is 4.90 Å². The summed E-state index contributed by atoms with van der Waals surface area (Å²) in [4.78, 5) is 2.59. The van der Waals surface area contributed by atoms with Crippen LogP contribution in [0.1, 0.15) is 59.4 Å². The zero-order valence-electron chi connectivity index (χ0n) is 21.2. The molecule has 4 aromatic rings. The summed E-state index contributed by atoms with van der Waals surface area (Å²) >= 11 is 0. The first-order valence-electron chi connectivity index (χ1n) is 13.5. The maximum atomic E-state index is 9.96. The van der Waals surface area contributed by atoms with Gasteiger partial charge >= 0.3 is 0 Å². The second-order valence-corrected chi connectivity index (χ2v) is 10.2. The van der Waals surface area contributed by atoms with Crippen LogP contribution < -0.4 is 0 Å². The smallest absolute Gasteiger partial charge is 0.0719 e. The standard InChI is InChI=1S/C35H32N2/c36-25-30(32-17-7-12-26-9-1-4-14-31(26)32)13-8-22-37-23-20-29(21-24-37)35-33-15-5-2-10-27(33)18-19-28-11-3-6-16-34(28)35/h1-7,9-12,14-19,30H,8,13,20-24H2. The summed E-state index contributed by atoms with van der Waals surface area (Å²) in [5.74, 6) is -0.0555. The van der Waals surface area contributed by atoms with E-state index in [1.54, 1.807) is 5.57 Å². The molecule has 2 aliphatic rings. The van der Waals surface area contributed by atoms with E-state index in [0.29, 0.717) is 0 Å². The lowest BCUT2D eigenvalue weighted by atomic mass is 9.86. The molecule has 1 unspecified atom stereocenters. The average molecular weight is 481 g/mol. The van der Waals surface area contributed by atoms with Crippen molar-refractivity contribution in [2.24, 2.45) is 0 Å². The molecular formula is C35H32N2. The van der Waals surface area contributed by atoms with Gasteiger partial charge in [0, 0.05) is 13.1 Å². The maximum absolute atomic E-state index is 9.96. The summed E-state index contributed by atoms with van der Waals surface area (Å²) in [6, 6.07) is 35.0. The number of hydrogen-bond acceptors (Lipinski definition) is 2. The molecule has 2 nitrogen and oxygen atoms in total. The van der Waals surface area contributed by atoms with Gasteiger partial charge in [-0.3, -0.25) is 0 Å². The Kier molecular flexibility index (Phi) is 6.72. The number of fused-ring (bicyclic) bond motifs is 3. The highest BCUT2D eigenvalue weighted by Gasteiger charge is 2.23. The lowest BCUT2D eigenvalue weighted by molar-refractivity contribution is 0.251. The van der Waals surface area contributed by atoms with Gasteiger partial charge in [0.2, 0.25) is 0 Å². The average Bonchev–Trinajstić information content (AvgIpc) is 3.13. The number of nitrogens with zero attached hydrogens (tertiary/aromatic N) is 2. The van der Waals surface area contributed by atoms with Crippen molar-refractivity contribution in [3.05, 3.63) is 124 Å². The van der Waals surface area contributed by atoms with Crippen LogP contribution in [0.25, 0.3) is 28.5 Å². The molecule has 182 valence electrons. The molecule has 0 N–H and O–H groups in total. The van der Waals surface area contributed by atoms with E-state index in [2.05, 4.69) is 114 Å². The highest BCUT2D eigenvalue weighted by atomic mass is 15.1. The number of piperidine rings is 1. The minimum Gasteiger partial charge on any atom is -0.303 e. The Hall–Kier alpha value is -3.93. The van der Waals surface area contributed by atoms with Crippen LogP contribution in [0.4, 0.5) is 0 Å². The molecule has 1 heterocycles. The van der Waals surface area contributed by atoms with Gasteiger partial charge in [-0.2, -0.15) is 5.26 Å². The van der Waals surface area contributed by atoms with Crippen molar-refractivity contribution in [3.63, 3.8) is 0 Å². The number of nitriles is 1. The van der Waals surface area contributed by atoms with Crippen molar-refractivity contribution < 1.29 is 0 Å². The Morgan fingerprint density at radius 3 is 2.05 bits per heavy atom. The van der Waals surface area contributed by atoms with Gasteiger partial charge in [-0.1, -0.05) is 109 Å². The third-order valence-corrected chi connectivity index (χ3v) is 8.04. The zero-order valence-corrected chi connectivity index (χ0v) is 21.2. The monoisotopic (exact) mass is 480 g/mol. The second-order valence-electron chi connectivity index (χ2n) is 10.2. The van der Waals surface area contributed by atoms with E-state index >= 15 is 0 Å². The first-order valence-corrected chi connectivity index (χ1v) is 13.5. The van der Waals surface area contributed by atoms with Gasteiger partial charge in [-0.25, -0.2) is 0 Å². The van der Waals surface area contributed by atoms with E-state index in [9.17, 15) is 5.26 Å². The van der Waals surface area contributed by atoms with Crippen molar-refractivity contribution in [1.82, 2.24) is 4.90 Å². The fourth-order valence-corrected chi connectivity index (χ4v) is 6.11. The molecule has 1 fully saturated rings. The van der Waals surface area contributed by atoms with Crippen molar-refractivity contribution in [2.75, 3.05) is 19.6 Å². The summed E-state index contributed by atoms with van der Waals surface area (Å²) in [7, 11) is 0. The van der Waals surface area contributed by atoms with Crippen LogP contribution in [-0.4, -0.2) is 24.5 Å². The molecule has 37 heavy (non-hydrogen) atoms. The molecule has 6 rings (SSSR count). The van der Waals surface area contributed by atoms with Crippen LogP contribution in [0.5, 0.6) is 0 Å². The van der Waals surface area contributed by atoms with Crippen molar-refractivity contribution in [3.8, 4) is 6.07 Å². The van der Waals surface area contributed by atoms with Gasteiger partial charge in [-0.15, -0.1) is 0 Å². The molecule has 1 aliphatic carbocycles. The van der Waals surface area contributed by atoms with Gasteiger partial charge in [0.1, 0.15) is 0 Å². The lowest BCUT2D eigenvalue weighted by Crippen LogP contribution is -2.32. The Morgan fingerprint density at radius 1 is 0.730 bits per heavy atom. The number of benzene rings is 4. The minimum atomic E-state index is -0.0555. The fourth-order valence-electron chi connectivity index (χ4n) is 6.11. The molecule has 1 atom stereocenters. The fraction of sp³-hybridized carbons (Fsp3) is 0.229. The van der Waals surface area contributed by atoms with E-state index in [1.807, 2.05) is 0 Å². The van der Waals surface area contributed by atoms with Crippen LogP contribution >= 0.6 is 0 Å². The summed E-state index contributed by atoms with van der Waals surface area (Å²) in [5, 5.41) is 12.4. The van der Waals surface area contributed by atoms with Gasteiger partial charge in [0.25, 0.3) is 0 Å². The third-order valence-electron chi connectivity index (χ3n) is 8.04. The molecule has 0 bridgehead atoms. The highest BCUT2D eigenvalue weighted by Crippen LogP contribution is 2.38. The Labute approximate surface area is 220 Å². The highest BCUT2D eigenvalue weighted by molar-refractivity contribution is 5.95. The van der Waals surface area contributed by atoms with E-state index < -0.39 is 0 Å². The zero-order chi connectivity index (χ0) is 25.0. The summed E-state index contributed by atoms with van der Waals surface area (Å²) in [6.45, 7) is 3.23. The van der Waals surface area contributed by atoms with Gasteiger partial charge in [0.05, 0.1) is 12.0 Å². The minimum absolute atomic E-state index is 0.0555. The Balaban J connectivity index is 1.15.